The van der Waals surface area contributed by atoms with Crippen LogP contribution in [0.2, 0.25) is 0 Å². The molecule has 0 unspecified atom stereocenters. The Morgan fingerprint density at radius 2 is 1.58 bits per heavy atom. The van der Waals surface area contributed by atoms with E-state index in [-0.39, 0.29) is 24.8 Å². The first-order valence-corrected chi connectivity index (χ1v) is 10.9. The zero-order chi connectivity index (χ0) is 24.3. The maximum atomic E-state index is 12.3. The van der Waals surface area contributed by atoms with Crippen molar-refractivity contribution < 1.29 is 23.9 Å². The summed E-state index contributed by atoms with van der Waals surface area (Å²) in [5, 5.41) is 8.29. The Balaban J connectivity index is 1.77. The molecule has 0 heterocycles. The zero-order valence-corrected chi connectivity index (χ0v) is 19.7. The van der Waals surface area contributed by atoms with Crippen LogP contribution in [0.25, 0.3) is 0 Å². The summed E-state index contributed by atoms with van der Waals surface area (Å²) in [5.41, 5.74) is 1.88. The summed E-state index contributed by atoms with van der Waals surface area (Å²) in [6.07, 6.45) is 0.519. The number of benzene rings is 2. The van der Waals surface area contributed by atoms with E-state index in [1.807, 2.05) is 42.5 Å². The number of anilines is 1. The number of carbonyl (C=O) groups excluding carboxylic acids is 3. The Kier molecular flexibility index (Phi) is 9.72. The van der Waals surface area contributed by atoms with Gasteiger partial charge in [-0.2, -0.15) is 0 Å². The van der Waals surface area contributed by atoms with E-state index in [9.17, 15) is 14.4 Å². The maximum Gasteiger partial charge on any atom is 0.407 e. The number of para-hydroxylation sites is 1. The average molecular weight is 456 g/mol. The number of amides is 3. The van der Waals surface area contributed by atoms with Crippen molar-refractivity contribution in [2.24, 2.45) is 0 Å². The van der Waals surface area contributed by atoms with Crippen molar-refractivity contribution in [2.45, 2.75) is 52.2 Å². The molecule has 0 aliphatic carbocycles. The molecular formula is C25H33N3O5. The van der Waals surface area contributed by atoms with Gasteiger partial charge in [0, 0.05) is 31.6 Å². The van der Waals surface area contributed by atoms with Crippen LogP contribution in [0.5, 0.6) is 5.75 Å². The van der Waals surface area contributed by atoms with Crippen LogP contribution in [0.1, 0.15) is 44.7 Å². The van der Waals surface area contributed by atoms with Gasteiger partial charge in [0.1, 0.15) is 11.4 Å². The van der Waals surface area contributed by atoms with Crippen LogP contribution in [0.15, 0.2) is 48.5 Å². The Morgan fingerprint density at radius 1 is 0.879 bits per heavy atom. The van der Waals surface area contributed by atoms with Crippen molar-refractivity contribution in [1.82, 2.24) is 10.6 Å². The molecule has 0 fully saturated rings. The quantitative estimate of drug-likeness (QED) is 0.505. The number of hydrogen-bond donors (Lipinski definition) is 3. The van der Waals surface area contributed by atoms with Gasteiger partial charge in [-0.15, -0.1) is 0 Å². The molecule has 3 amide bonds. The highest BCUT2D eigenvalue weighted by Gasteiger charge is 2.16. The second-order valence-corrected chi connectivity index (χ2v) is 8.51. The molecule has 0 saturated carbocycles. The first kappa shape index (κ1) is 25.7. The Hall–Kier alpha value is -3.55. The Labute approximate surface area is 195 Å². The summed E-state index contributed by atoms with van der Waals surface area (Å²) in [7, 11) is 1.61. The van der Waals surface area contributed by atoms with Crippen molar-refractivity contribution in [3.63, 3.8) is 0 Å². The van der Waals surface area contributed by atoms with Crippen LogP contribution in [0, 0.1) is 0 Å². The van der Waals surface area contributed by atoms with E-state index in [1.54, 1.807) is 33.9 Å². The Morgan fingerprint density at radius 3 is 2.24 bits per heavy atom. The SMILES string of the molecule is COc1ccc(CCC(=O)NCc2ccccc2NC(=O)CCNC(=O)OC(C)(C)C)cc1. The summed E-state index contributed by atoms with van der Waals surface area (Å²) in [6, 6.07) is 14.9. The molecular weight excluding hydrogens is 422 g/mol. The molecule has 0 spiro atoms. The number of rotatable bonds is 10. The topological polar surface area (TPSA) is 106 Å². The van der Waals surface area contributed by atoms with Crippen LogP contribution < -0.4 is 20.7 Å². The molecule has 0 atom stereocenters. The molecule has 0 aromatic heterocycles. The molecule has 2 aromatic rings. The molecule has 8 nitrogen and oxygen atoms in total. The van der Waals surface area contributed by atoms with Crippen molar-refractivity contribution >= 4 is 23.6 Å². The number of alkyl carbamates (subject to hydrolysis) is 1. The lowest BCUT2D eigenvalue weighted by Crippen LogP contribution is -2.34. The largest absolute Gasteiger partial charge is 0.497 e. The van der Waals surface area contributed by atoms with Gasteiger partial charge in [-0.1, -0.05) is 30.3 Å². The van der Waals surface area contributed by atoms with Crippen LogP contribution >= 0.6 is 0 Å². The first-order chi connectivity index (χ1) is 15.7. The standard InChI is InChI=1S/C25H33N3O5/c1-25(2,3)33-24(31)26-16-15-23(30)28-21-8-6-5-7-19(21)17-27-22(29)14-11-18-9-12-20(32-4)13-10-18/h5-10,12-13H,11,14-17H2,1-4H3,(H,26,31)(H,27,29)(H,28,30). The third kappa shape index (κ3) is 10.1. The summed E-state index contributed by atoms with van der Waals surface area (Å²) in [6.45, 7) is 5.77. The van der Waals surface area contributed by atoms with Gasteiger partial charge < -0.3 is 25.4 Å². The van der Waals surface area contributed by atoms with E-state index in [2.05, 4.69) is 16.0 Å². The second kappa shape index (κ2) is 12.5. The van der Waals surface area contributed by atoms with Gasteiger partial charge in [-0.25, -0.2) is 4.79 Å². The molecule has 0 aliphatic rings. The molecule has 3 N–H and O–H groups in total. The van der Waals surface area contributed by atoms with Gasteiger partial charge in [0.15, 0.2) is 0 Å². The third-order valence-electron chi connectivity index (χ3n) is 4.59. The minimum atomic E-state index is -0.593. The average Bonchev–Trinajstić information content (AvgIpc) is 2.76. The monoisotopic (exact) mass is 455 g/mol. The van der Waals surface area contributed by atoms with Gasteiger partial charge in [0.05, 0.1) is 7.11 Å². The Bertz CT molecular complexity index is 936. The van der Waals surface area contributed by atoms with Crippen molar-refractivity contribution in [3.05, 3.63) is 59.7 Å². The fourth-order valence-electron chi connectivity index (χ4n) is 2.93. The molecule has 0 bridgehead atoms. The molecule has 0 saturated heterocycles. The number of nitrogens with one attached hydrogen (secondary N) is 3. The second-order valence-electron chi connectivity index (χ2n) is 8.51. The van der Waals surface area contributed by atoms with Gasteiger partial charge in [0.25, 0.3) is 0 Å². The van der Waals surface area contributed by atoms with Crippen molar-refractivity contribution in [1.29, 1.82) is 0 Å². The number of hydrogen-bond acceptors (Lipinski definition) is 5. The highest BCUT2D eigenvalue weighted by Crippen LogP contribution is 2.16. The van der Waals surface area contributed by atoms with Gasteiger partial charge in [0.2, 0.25) is 11.8 Å². The summed E-state index contributed by atoms with van der Waals surface area (Å²) in [5.74, 6) is 0.459. The normalized spacial score (nSPS) is 10.8. The fraction of sp³-hybridized carbons (Fsp3) is 0.400. The van der Waals surface area contributed by atoms with Crippen LogP contribution in [0.4, 0.5) is 10.5 Å². The number of ether oxygens (including phenoxy) is 2. The van der Waals surface area contributed by atoms with E-state index in [1.165, 1.54) is 0 Å². The van der Waals surface area contributed by atoms with Crippen LogP contribution in [0.3, 0.4) is 0 Å². The van der Waals surface area contributed by atoms with E-state index < -0.39 is 11.7 Å². The lowest BCUT2D eigenvalue weighted by Gasteiger charge is -2.19. The van der Waals surface area contributed by atoms with Crippen molar-refractivity contribution in [2.75, 3.05) is 19.0 Å². The van der Waals surface area contributed by atoms with E-state index in [0.717, 1.165) is 16.9 Å². The summed E-state index contributed by atoms with van der Waals surface area (Å²) >= 11 is 0. The molecule has 2 aromatic carbocycles. The predicted molar refractivity (Wildman–Crippen MR) is 127 cm³/mol. The van der Waals surface area contributed by atoms with E-state index in [4.69, 9.17) is 9.47 Å². The smallest absolute Gasteiger partial charge is 0.407 e. The van der Waals surface area contributed by atoms with E-state index >= 15 is 0 Å². The van der Waals surface area contributed by atoms with Crippen LogP contribution in [-0.2, 0) is 27.3 Å². The zero-order valence-electron chi connectivity index (χ0n) is 19.7. The summed E-state index contributed by atoms with van der Waals surface area (Å²) in [4.78, 5) is 36.2. The molecule has 8 heteroatoms. The van der Waals surface area contributed by atoms with Crippen molar-refractivity contribution in [3.8, 4) is 5.75 Å². The maximum absolute atomic E-state index is 12.3. The number of carbonyl (C=O) groups is 3. The number of methoxy groups -OCH3 is 1. The lowest BCUT2D eigenvalue weighted by molar-refractivity contribution is -0.121. The molecule has 33 heavy (non-hydrogen) atoms. The van der Waals surface area contributed by atoms with Crippen LogP contribution in [-0.4, -0.2) is 37.2 Å². The summed E-state index contributed by atoms with van der Waals surface area (Å²) < 4.78 is 10.3. The molecule has 178 valence electrons. The minimum absolute atomic E-state index is 0.0755. The highest BCUT2D eigenvalue weighted by atomic mass is 16.6. The van der Waals surface area contributed by atoms with Gasteiger partial charge >= 0.3 is 6.09 Å². The first-order valence-electron chi connectivity index (χ1n) is 10.9. The lowest BCUT2D eigenvalue weighted by atomic mass is 10.1. The van der Waals surface area contributed by atoms with Gasteiger partial charge in [-0.3, -0.25) is 9.59 Å². The minimum Gasteiger partial charge on any atom is -0.497 e. The van der Waals surface area contributed by atoms with Gasteiger partial charge in [-0.05, 0) is 56.5 Å². The predicted octanol–water partition coefficient (Wildman–Crippen LogP) is 3.80. The molecule has 2 rings (SSSR count). The molecule has 0 radical (unpaired) electrons. The highest BCUT2D eigenvalue weighted by molar-refractivity contribution is 5.92. The van der Waals surface area contributed by atoms with E-state index in [0.29, 0.717) is 25.1 Å². The number of aryl methyl sites for hydroxylation is 1. The third-order valence-corrected chi connectivity index (χ3v) is 4.59. The fourth-order valence-corrected chi connectivity index (χ4v) is 2.93. The molecule has 0 aliphatic heterocycles.